The molecule has 150 valence electrons. The predicted octanol–water partition coefficient (Wildman–Crippen LogP) is 2.90. The number of amides is 2. The van der Waals surface area contributed by atoms with Crippen molar-refractivity contribution in [3.8, 4) is 11.5 Å². The third-order valence-corrected chi connectivity index (χ3v) is 4.20. The molecule has 1 N–H and O–H groups in total. The Bertz CT molecular complexity index is 1020. The number of carboxylic acids is 1. The molecule has 29 heavy (non-hydrogen) atoms. The second-order valence-electron chi connectivity index (χ2n) is 5.95. The van der Waals surface area contributed by atoms with Crippen LogP contribution in [0.1, 0.15) is 21.5 Å². The average molecular weight is 403 g/mol. The highest BCUT2D eigenvalue weighted by molar-refractivity contribution is 6.34. The van der Waals surface area contributed by atoms with Crippen LogP contribution in [0.2, 0.25) is 0 Å². The Morgan fingerprint density at radius 2 is 1.79 bits per heavy atom. The number of fused-ring (bicyclic) bond motifs is 1. The monoisotopic (exact) mass is 403 g/mol. The number of rotatable bonds is 6. The molecule has 1 aliphatic rings. The second-order valence-corrected chi connectivity index (χ2v) is 5.95. The molecule has 7 nitrogen and oxygen atoms in total. The van der Waals surface area contributed by atoms with Crippen molar-refractivity contribution >= 4 is 29.4 Å². The molecule has 0 aliphatic carbocycles. The SMILES string of the molecule is COc1cccc(/C=C2\C(=O)N(CC(=O)O)C(=O)c3ccccc32)c1OC(F)F. The summed E-state index contributed by atoms with van der Waals surface area (Å²) in [5, 5.41) is 9.05. The van der Waals surface area contributed by atoms with Gasteiger partial charge in [0.25, 0.3) is 11.8 Å². The largest absolute Gasteiger partial charge is 0.493 e. The normalized spacial score (nSPS) is 14.9. The van der Waals surface area contributed by atoms with E-state index in [2.05, 4.69) is 4.74 Å². The molecule has 3 rings (SSSR count). The number of ether oxygens (including phenoxy) is 2. The van der Waals surface area contributed by atoms with Crippen molar-refractivity contribution in [3.05, 3.63) is 59.2 Å². The number of methoxy groups -OCH3 is 1. The molecule has 0 fully saturated rings. The van der Waals surface area contributed by atoms with E-state index in [0.717, 1.165) is 0 Å². The van der Waals surface area contributed by atoms with Gasteiger partial charge in [-0.2, -0.15) is 8.78 Å². The van der Waals surface area contributed by atoms with Crippen LogP contribution in [0, 0.1) is 0 Å². The Hall–Kier alpha value is -3.75. The molecule has 0 unspecified atom stereocenters. The van der Waals surface area contributed by atoms with E-state index in [9.17, 15) is 23.2 Å². The fraction of sp³-hybridized carbons (Fsp3) is 0.150. The van der Waals surface area contributed by atoms with E-state index in [1.165, 1.54) is 43.5 Å². The van der Waals surface area contributed by atoms with Crippen LogP contribution in [0.25, 0.3) is 11.6 Å². The summed E-state index contributed by atoms with van der Waals surface area (Å²) in [6.45, 7) is -3.97. The van der Waals surface area contributed by atoms with Crippen LogP contribution in [0.15, 0.2) is 42.5 Å². The second kappa shape index (κ2) is 8.09. The van der Waals surface area contributed by atoms with Crippen LogP contribution < -0.4 is 9.47 Å². The minimum absolute atomic E-state index is 0.0228. The van der Waals surface area contributed by atoms with E-state index in [1.807, 2.05) is 0 Å². The first-order chi connectivity index (χ1) is 13.8. The number of imide groups is 1. The molecule has 0 radical (unpaired) electrons. The number of carbonyl (C=O) groups excluding carboxylic acids is 2. The van der Waals surface area contributed by atoms with Gasteiger partial charge in [-0.3, -0.25) is 19.3 Å². The smallest absolute Gasteiger partial charge is 0.387 e. The van der Waals surface area contributed by atoms with E-state index in [4.69, 9.17) is 9.84 Å². The summed E-state index contributed by atoms with van der Waals surface area (Å²) >= 11 is 0. The standard InChI is InChI=1S/C20H15F2NO6/c1-28-15-8-4-5-11(17(15)29-20(21)22)9-14-12-6-2-3-7-13(12)18(26)23(19(14)27)10-16(24)25/h2-9,20H,10H2,1H3,(H,24,25)/b14-9-. The minimum atomic E-state index is -3.14. The summed E-state index contributed by atoms with van der Waals surface area (Å²) in [5.41, 5.74) is 0.454. The summed E-state index contributed by atoms with van der Waals surface area (Å²) in [5.74, 6) is -3.24. The molecule has 0 bridgehead atoms. The summed E-state index contributed by atoms with van der Waals surface area (Å²) in [4.78, 5) is 37.1. The van der Waals surface area contributed by atoms with E-state index in [-0.39, 0.29) is 33.8 Å². The Morgan fingerprint density at radius 1 is 1.10 bits per heavy atom. The zero-order chi connectivity index (χ0) is 21.1. The molecule has 0 spiro atoms. The summed E-state index contributed by atoms with van der Waals surface area (Å²) in [6.07, 6.45) is 1.27. The number of benzene rings is 2. The lowest BCUT2D eigenvalue weighted by Crippen LogP contribution is -2.44. The van der Waals surface area contributed by atoms with Gasteiger partial charge in [-0.15, -0.1) is 0 Å². The molecule has 1 aliphatic heterocycles. The molecule has 9 heteroatoms. The summed E-state index contributed by atoms with van der Waals surface area (Å²) < 4.78 is 35.4. The maximum Gasteiger partial charge on any atom is 0.387 e. The van der Waals surface area contributed by atoms with E-state index < -0.39 is 30.9 Å². The molecule has 0 atom stereocenters. The Balaban J connectivity index is 2.20. The number of aliphatic carboxylic acids is 1. The highest BCUT2D eigenvalue weighted by Gasteiger charge is 2.36. The first-order valence-electron chi connectivity index (χ1n) is 8.34. The summed E-state index contributed by atoms with van der Waals surface area (Å²) in [7, 11) is 1.28. The number of nitrogens with zero attached hydrogens (tertiary/aromatic N) is 1. The van der Waals surface area contributed by atoms with Gasteiger partial charge in [-0.25, -0.2) is 0 Å². The molecule has 1 heterocycles. The number of carbonyl (C=O) groups is 3. The fourth-order valence-corrected chi connectivity index (χ4v) is 3.00. The lowest BCUT2D eigenvalue weighted by atomic mass is 9.92. The lowest BCUT2D eigenvalue weighted by molar-refractivity contribution is -0.141. The van der Waals surface area contributed by atoms with Crippen molar-refractivity contribution in [3.63, 3.8) is 0 Å². The Morgan fingerprint density at radius 3 is 2.41 bits per heavy atom. The number of hydrogen-bond acceptors (Lipinski definition) is 5. The lowest BCUT2D eigenvalue weighted by Gasteiger charge is -2.27. The third kappa shape index (κ3) is 3.93. The molecule has 2 aromatic carbocycles. The molecule has 2 aromatic rings. The Labute approximate surface area is 163 Å². The zero-order valence-electron chi connectivity index (χ0n) is 15.1. The molecule has 0 saturated carbocycles. The average Bonchev–Trinajstić information content (AvgIpc) is 2.69. The van der Waals surface area contributed by atoms with Gasteiger partial charge >= 0.3 is 12.6 Å². The van der Waals surface area contributed by atoms with Crippen molar-refractivity contribution < 1.29 is 37.7 Å². The van der Waals surface area contributed by atoms with Crippen LogP contribution >= 0.6 is 0 Å². The maximum atomic E-state index is 12.9. The van der Waals surface area contributed by atoms with Crippen molar-refractivity contribution in [2.24, 2.45) is 0 Å². The van der Waals surface area contributed by atoms with Gasteiger partial charge in [0, 0.05) is 16.7 Å². The van der Waals surface area contributed by atoms with Crippen molar-refractivity contribution in [1.82, 2.24) is 4.90 Å². The molecule has 0 aromatic heterocycles. The highest BCUT2D eigenvalue weighted by atomic mass is 19.3. The van der Waals surface area contributed by atoms with Gasteiger partial charge in [-0.1, -0.05) is 30.3 Å². The number of para-hydroxylation sites is 1. The van der Waals surface area contributed by atoms with Gasteiger partial charge in [0.05, 0.1) is 7.11 Å². The van der Waals surface area contributed by atoms with Crippen molar-refractivity contribution in [2.45, 2.75) is 6.61 Å². The van der Waals surface area contributed by atoms with Crippen LogP contribution in [-0.4, -0.2) is 48.1 Å². The van der Waals surface area contributed by atoms with Gasteiger partial charge in [0.15, 0.2) is 11.5 Å². The van der Waals surface area contributed by atoms with Crippen LogP contribution in [0.4, 0.5) is 8.78 Å². The highest BCUT2D eigenvalue weighted by Crippen LogP contribution is 2.37. The fourth-order valence-electron chi connectivity index (χ4n) is 3.00. The minimum Gasteiger partial charge on any atom is -0.493 e. The first kappa shape index (κ1) is 20.0. The number of hydrogen-bond donors (Lipinski definition) is 1. The third-order valence-electron chi connectivity index (χ3n) is 4.20. The van der Waals surface area contributed by atoms with Crippen molar-refractivity contribution in [2.75, 3.05) is 13.7 Å². The maximum absolute atomic E-state index is 12.9. The van der Waals surface area contributed by atoms with E-state index in [0.29, 0.717) is 4.90 Å². The van der Waals surface area contributed by atoms with Gasteiger partial charge < -0.3 is 14.6 Å². The van der Waals surface area contributed by atoms with Gasteiger partial charge in [0.1, 0.15) is 6.54 Å². The molecule has 0 saturated heterocycles. The number of carboxylic acid groups (broad SMARTS) is 1. The number of alkyl halides is 2. The predicted molar refractivity (Wildman–Crippen MR) is 97.6 cm³/mol. The Kier molecular flexibility index (Phi) is 5.58. The first-order valence-corrected chi connectivity index (χ1v) is 8.34. The quantitative estimate of drug-likeness (QED) is 0.589. The van der Waals surface area contributed by atoms with E-state index in [1.54, 1.807) is 12.1 Å². The van der Waals surface area contributed by atoms with Crippen LogP contribution in [0.3, 0.4) is 0 Å². The van der Waals surface area contributed by atoms with Gasteiger partial charge in [0.2, 0.25) is 0 Å². The number of halogens is 2. The van der Waals surface area contributed by atoms with Crippen molar-refractivity contribution in [1.29, 1.82) is 0 Å². The molecule has 2 amide bonds. The molecular formula is C20H15F2NO6. The topological polar surface area (TPSA) is 93.1 Å². The molecular weight excluding hydrogens is 388 g/mol. The zero-order valence-corrected chi connectivity index (χ0v) is 15.1. The van der Waals surface area contributed by atoms with Gasteiger partial charge in [-0.05, 0) is 23.8 Å². The summed E-state index contributed by atoms with van der Waals surface area (Å²) in [6, 6.07) is 10.5. The van der Waals surface area contributed by atoms with Crippen LogP contribution in [-0.2, 0) is 9.59 Å². The van der Waals surface area contributed by atoms with Crippen LogP contribution in [0.5, 0.6) is 11.5 Å². The van der Waals surface area contributed by atoms with E-state index >= 15 is 0 Å².